The van der Waals surface area contributed by atoms with Crippen molar-refractivity contribution in [1.82, 2.24) is 15.2 Å². The summed E-state index contributed by atoms with van der Waals surface area (Å²) in [4.78, 5) is 8.88. The number of thiazole rings is 1. The average molecular weight is 314 g/mol. The van der Waals surface area contributed by atoms with Crippen LogP contribution in [0.4, 0.5) is 0 Å². The number of aryl methyl sites for hydroxylation is 1. The van der Waals surface area contributed by atoms with Crippen LogP contribution in [0.25, 0.3) is 0 Å². The van der Waals surface area contributed by atoms with Gasteiger partial charge in [0.15, 0.2) is 0 Å². The van der Waals surface area contributed by atoms with Crippen molar-refractivity contribution < 1.29 is 0 Å². The second-order valence-electron chi connectivity index (χ2n) is 5.78. The molecule has 1 N–H and O–H groups in total. The van der Waals surface area contributed by atoms with Crippen molar-refractivity contribution in [3.63, 3.8) is 0 Å². The van der Waals surface area contributed by atoms with Crippen molar-refractivity contribution in [2.75, 3.05) is 25.1 Å². The SMILES string of the molecule is CCCc1nc(C2CSCCN2C)sc1CNC(C)C. The van der Waals surface area contributed by atoms with E-state index in [1.165, 1.54) is 40.0 Å². The maximum absolute atomic E-state index is 4.98. The summed E-state index contributed by atoms with van der Waals surface area (Å²) in [6.07, 6.45) is 2.28. The third kappa shape index (κ3) is 4.20. The summed E-state index contributed by atoms with van der Waals surface area (Å²) >= 11 is 3.98. The molecular formula is C15H27N3S2. The van der Waals surface area contributed by atoms with Crippen LogP contribution in [-0.4, -0.2) is 41.0 Å². The van der Waals surface area contributed by atoms with Gasteiger partial charge in [-0.05, 0) is 13.5 Å². The fourth-order valence-electron chi connectivity index (χ4n) is 2.36. The molecule has 0 aromatic carbocycles. The van der Waals surface area contributed by atoms with Gasteiger partial charge in [-0.15, -0.1) is 11.3 Å². The van der Waals surface area contributed by atoms with Crippen LogP contribution in [0.1, 0.15) is 48.8 Å². The molecule has 20 heavy (non-hydrogen) atoms. The molecule has 3 nitrogen and oxygen atoms in total. The van der Waals surface area contributed by atoms with Gasteiger partial charge in [0.1, 0.15) is 5.01 Å². The third-order valence-electron chi connectivity index (χ3n) is 3.63. The highest BCUT2D eigenvalue weighted by Gasteiger charge is 2.25. The maximum Gasteiger partial charge on any atom is 0.111 e. The summed E-state index contributed by atoms with van der Waals surface area (Å²) in [6, 6.07) is 1.05. The van der Waals surface area contributed by atoms with Gasteiger partial charge in [0, 0.05) is 35.5 Å². The van der Waals surface area contributed by atoms with Crippen LogP contribution >= 0.6 is 23.1 Å². The van der Waals surface area contributed by atoms with Gasteiger partial charge in [0.2, 0.25) is 0 Å². The molecule has 1 aliphatic rings. The van der Waals surface area contributed by atoms with Gasteiger partial charge in [0.25, 0.3) is 0 Å². The molecule has 1 fully saturated rings. The monoisotopic (exact) mass is 313 g/mol. The molecule has 0 spiro atoms. The molecule has 2 rings (SSSR count). The zero-order valence-corrected chi connectivity index (χ0v) is 14.7. The second kappa shape index (κ2) is 7.78. The van der Waals surface area contributed by atoms with Crippen LogP contribution in [0.2, 0.25) is 0 Å². The molecule has 0 saturated carbocycles. The van der Waals surface area contributed by atoms with Crippen molar-refractivity contribution >= 4 is 23.1 Å². The molecule has 114 valence electrons. The van der Waals surface area contributed by atoms with E-state index in [9.17, 15) is 0 Å². The highest BCUT2D eigenvalue weighted by Crippen LogP contribution is 2.33. The molecule has 1 unspecified atom stereocenters. The summed E-state index contributed by atoms with van der Waals surface area (Å²) < 4.78 is 0. The molecule has 1 aliphatic heterocycles. The van der Waals surface area contributed by atoms with Crippen LogP contribution in [-0.2, 0) is 13.0 Å². The Labute approximate surface area is 131 Å². The highest BCUT2D eigenvalue weighted by molar-refractivity contribution is 7.99. The fourth-order valence-corrected chi connectivity index (χ4v) is 4.91. The lowest BCUT2D eigenvalue weighted by atomic mass is 10.2. The molecule has 0 amide bonds. The summed E-state index contributed by atoms with van der Waals surface area (Å²) in [5.74, 6) is 2.44. The van der Waals surface area contributed by atoms with Gasteiger partial charge in [-0.2, -0.15) is 11.8 Å². The molecule has 0 bridgehead atoms. The van der Waals surface area contributed by atoms with Gasteiger partial charge in [0.05, 0.1) is 11.7 Å². The van der Waals surface area contributed by atoms with E-state index in [2.05, 4.69) is 49.8 Å². The van der Waals surface area contributed by atoms with E-state index < -0.39 is 0 Å². The Morgan fingerprint density at radius 3 is 2.90 bits per heavy atom. The largest absolute Gasteiger partial charge is 0.310 e. The van der Waals surface area contributed by atoms with Crippen LogP contribution in [0, 0.1) is 0 Å². The Morgan fingerprint density at radius 2 is 2.25 bits per heavy atom. The molecular weight excluding hydrogens is 286 g/mol. The molecule has 1 aromatic heterocycles. The van der Waals surface area contributed by atoms with E-state index >= 15 is 0 Å². The van der Waals surface area contributed by atoms with Crippen molar-refractivity contribution in [2.24, 2.45) is 0 Å². The van der Waals surface area contributed by atoms with E-state index in [4.69, 9.17) is 4.98 Å². The van der Waals surface area contributed by atoms with Gasteiger partial charge in [-0.1, -0.05) is 27.2 Å². The van der Waals surface area contributed by atoms with E-state index in [-0.39, 0.29) is 0 Å². The number of hydrogen-bond acceptors (Lipinski definition) is 5. The number of rotatable bonds is 6. The normalized spacial score (nSPS) is 20.8. The topological polar surface area (TPSA) is 28.2 Å². The summed E-state index contributed by atoms with van der Waals surface area (Å²) in [5, 5.41) is 4.86. The van der Waals surface area contributed by atoms with Gasteiger partial charge >= 0.3 is 0 Å². The van der Waals surface area contributed by atoms with E-state index in [0.29, 0.717) is 12.1 Å². The predicted octanol–water partition coefficient (Wildman–Crippen LogP) is 3.31. The minimum absolute atomic E-state index is 0.516. The molecule has 0 aliphatic carbocycles. The molecule has 1 saturated heterocycles. The number of nitrogens with zero attached hydrogens (tertiary/aromatic N) is 2. The first-order valence-electron chi connectivity index (χ1n) is 7.61. The Morgan fingerprint density at radius 1 is 1.45 bits per heavy atom. The minimum Gasteiger partial charge on any atom is -0.310 e. The lowest BCUT2D eigenvalue weighted by Crippen LogP contribution is -2.32. The zero-order chi connectivity index (χ0) is 14.5. The lowest BCUT2D eigenvalue weighted by molar-refractivity contribution is 0.274. The predicted molar refractivity (Wildman–Crippen MR) is 90.8 cm³/mol. The van der Waals surface area contributed by atoms with E-state index in [0.717, 1.165) is 13.0 Å². The molecule has 1 atom stereocenters. The molecule has 2 heterocycles. The van der Waals surface area contributed by atoms with Crippen LogP contribution in [0.5, 0.6) is 0 Å². The zero-order valence-electron chi connectivity index (χ0n) is 13.1. The molecule has 0 radical (unpaired) electrons. The van der Waals surface area contributed by atoms with Crippen molar-refractivity contribution in [2.45, 2.75) is 52.2 Å². The van der Waals surface area contributed by atoms with Gasteiger partial charge in [-0.25, -0.2) is 4.98 Å². The summed E-state index contributed by atoms with van der Waals surface area (Å²) in [5.41, 5.74) is 1.32. The van der Waals surface area contributed by atoms with Crippen LogP contribution < -0.4 is 5.32 Å². The number of aromatic nitrogens is 1. The highest BCUT2D eigenvalue weighted by atomic mass is 32.2. The maximum atomic E-state index is 4.98. The standard InChI is InChI=1S/C15H27N3S2/c1-5-6-12-14(9-16-11(2)3)20-15(17-12)13-10-19-8-7-18(13)4/h11,13,16H,5-10H2,1-4H3. The smallest absolute Gasteiger partial charge is 0.111 e. The first-order chi connectivity index (χ1) is 9.61. The Kier molecular flexibility index (Phi) is 6.33. The number of hydrogen-bond donors (Lipinski definition) is 1. The van der Waals surface area contributed by atoms with Gasteiger partial charge in [-0.3, -0.25) is 4.90 Å². The first kappa shape index (κ1) is 16.3. The van der Waals surface area contributed by atoms with E-state index in [1.54, 1.807) is 0 Å². The van der Waals surface area contributed by atoms with Crippen LogP contribution in [0.3, 0.4) is 0 Å². The Balaban J connectivity index is 2.14. The molecule has 5 heteroatoms. The van der Waals surface area contributed by atoms with Crippen molar-refractivity contribution in [3.05, 3.63) is 15.6 Å². The summed E-state index contributed by atoms with van der Waals surface area (Å²) in [7, 11) is 2.23. The van der Waals surface area contributed by atoms with Crippen molar-refractivity contribution in [1.29, 1.82) is 0 Å². The molecule has 1 aromatic rings. The van der Waals surface area contributed by atoms with Crippen molar-refractivity contribution in [3.8, 4) is 0 Å². The number of thioether (sulfide) groups is 1. The third-order valence-corrected chi connectivity index (χ3v) is 5.86. The lowest BCUT2D eigenvalue weighted by Gasteiger charge is -2.30. The number of nitrogens with one attached hydrogen (secondary N) is 1. The quantitative estimate of drug-likeness (QED) is 0.872. The van der Waals surface area contributed by atoms with Gasteiger partial charge < -0.3 is 5.32 Å². The van der Waals surface area contributed by atoms with Crippen LogP contribution in [0.15, 0.2) is 0 Å². The summed E-state index contributed by atoms with van der Waals surface area (Å²) in [6.45, 7) is 8.78. The Hall–Kier alpha value is -0.100. The second-order valence-corrected chi connectivity index (χ2v) is 8.04. The minimum atomic E-state index is 0.516. The average Bonchev–Trinajstić information content (AvgIpc) is 2.80. The first-order valence-corrected chi connectivity index (χ1v) is 9.58. The van der Waals surface area contributed by atoms with E-state index in [1.807, 2.05) is 11.3 Å². The fraction of sp³-hybridized carbons (Fsp3) is 0.800. The Bertz CT molecular complexity index is 417.